The maximum Gasteiger partial charge on any atom is 0.293 e. The lowest BCUT2D eigenvalue weighted by Crippen LogP contribution is -2.49. The monoisotopic (exact) mass is 364 g/mol. The second-order valence-electron chi connectivity index (χ2n) is 8.48. The van der Waals surface area contributed by atoms with Gasteiger partial charge in [0.25, 0.3) is 5.69 Å². The van der Waals surface area contributed by atoms with Crippen molar-refractivity contribution in [2.45, 2.75) is 43.4 Å². The number of nitro groups is 1. The number of nitro benzene ring substituents is 1. The van der Waals surface area contributed by atoms with Crippen molar-refractivity contribution in [1.29, 1.82) is 0 Å². The number of nitrogens with one attached hydrogen (secondary N) is 1. The number of hydrogen-bond acceptors (Lipinski definition) is 5. The minimum Gasteiger partial charge on any atom is -0.379 e. The van der Waals surface area contributed by atoms with E-state index in [2.05, 4.69) is 5.32 Å². The SMILES string of the molecule is CS(=O)(=O)c1ccc(NCC23CC4CC(CC(C4)C2)C3)c([N+](=O)[O-])c1. The predicted molar refractivity (Wildman–Crippen MR) is 95.3 cm³/mol. The quantitative estimate of drug-likeness (QED) is 0.636. The van der Waals surface area contributed by atoms with E-state index in [4.69, 9.17) is 0 Å². The van der Waals surface area contributed by atoms with E-state index < -0.39 is 14.8 Å². The van der Waals surface area contributed by atoms with Gasteiger partial charge in [0.1, 0.15) is 5.69 Å². The van der Waals surface area contributed by atoms with E-state index in [1.54, 1.807) is 0 Å². The van der Waals surface area contributed by atoms with Crippen molar-refractivity contribution in [3.8, 4) is 0 Å². The van der Waals surface area contributed by atoms with Crippen LogP contribution in [0.5, 0.6) is 0 Å². The first-order valence-electron chi connectivity index (χ1n) is 8.96. The third kappa shape index (κ3) is 3.14. The van der Waals surface area contributed by atoms with Gasteiger partial charge < -0.3 is 5.32 Å². The smallest absolute Gasteiger partial charge is 0.293 e. The molecule has 5 rings (SSSR count). The van der Waals surface area contributed by atoms with Crippen LogP contribution in [0, 0.1) is 33.3 Å². The Kier molecular flexibility index (Phi) is 3.83. The fourth-order valence-electron chi connectivity index (χ4n) is 5.83. The van der Waals surface area contributed by atoms with Crippen LogP contribution in [0.3, 0.4) is 0 Å². The highest BCUT2D eigenvalue weighted by Gasteiger charge is 2.50. The lowest BCUT2D eigenvalue weighted by Gasteiger charge is -2.57. The lowest BCUT2D eigenvalue weighted by molar-refractivity contribution is -0.384. The van der Waals surface area contributed by atoms with Gasteiger partial charge in [0.05, 0.1) is 9.82 Å². The molecule has 1 aromatic carbocycles. The van der Waals surface area contributed by atoms with Crippen LogP contribution in [0.15, 0.2) is 23.1 Å². The van der Waals surface area contributed by atoms with Gasteiger partial charge >= 0.3 is 0 Å². The maximum absolute atomic E-state index is 11.7. The topological polar surface area (TPSA) is 89.3 Å². The number of rotatable bonds is 5. The molecular formula is C18H24N2O4S. The molecule has 0 heterocycles. The first-order chi connectivity index (χ1) is 11.7. The van der Waals surface area contributed by atoms with Gasteiger partial charge in [-0.25, -0.2) is 8.42 Å². The minimum absolute atomic E-state index is 0.0143. The summed E-state index contributed by atoms with van der Waals surface area (Å²) in [5, 5.41) is 14.7. The van der Waals surface area contributed by atoms with Crippen molar-refractivity contribution in [2.75, 3.05) is 18.1 Å². The zero-order chi connectivity index (χ0) is 17.8. The molecule has 7 heteroatoms. The molecule has 0 amide bonds. The molecule has 4 bridgehead atoms. The lowest BCUT2D eigenvalue weighted by atomic mass is 9.49. The summed E-state index contributed by atoms with van der Waals surface area (Å²) in [5.74, 6) is 2.49. The largest absolute Gasteiger partial charge is 0.379 e. The molecule has 0 spiro atoms. The highest BCUT2D eigenvalue weighted by Crippen LogP contribution is 2.60. The summed E-state index contributed by atoms with van der Waals surface area (Å²) >= 11 is 0. The van der Waals surface area contributed by atoms with E-state index in [1.165, 1.54) is 50.7 Å². The second kappa shape index (κ2) is 5.69. The molecule has 0 saturated heterocycles. The summed E-state index contributed by atoms with van der Waals surface area (Å²) in [6.45, 7) is 0.746. The third-order valence-corrected chi connectivity index (χ3v) is 7.52. The van der Waals surface area contributed by atoms with Crippen molar-refractivity contribution in [3.05, 3.63) is 28.3 Å². The number of sulfone groups is 1. The molecular weight excluding hydrogens is 340 g/mol. The summed E-state index contributed by atoms with van der Waals surface area (Å²) in [7, 11) is -3.46. The normalized spacial score (nSPS) is 33.4. The van der Waals surface area contributed by atoms with E-state index in [0.29, 0.717) is 5.69 Å². The Balaban J connectivity index is 1.56. The average molecular weight is 364 g/mol. The number of hydrogen-bond donors (Lipinski definition) is 1. The number of benzene rings is 1. The van der Waals surface area contributed by atoms with Crippen molar-refractivity contribution >= 4 is 21.2 Å². The summed E-state index contributed by atoms with van der Waals surface area (Å²) in [6.07, 6.45) is 8.83. The second-order valence-corrected chi connectivity index (χ2v) is 10.5. The van der Waals surface area contributed by atoms with Gasteiger partial charge in [-0.3, -0.25) is 10.1 Å². The van der Waals surface area contributed by atoms with Gasteiger partial charge in [-0.1, -0.05) is 0 Å². The molecule has 0 atom stereocenters. The fourth-order valence-corrected chi connectivity index (χ4v) is 6.47. The van der Waals surface area contributed by atoms with Crippen LogP contribution in [0.2, 0.25) is 0 Å². The molecule has 4 fully saturated rings. The van der Waals surface area contributed by atoms with Crippen molar-refractivity contribution in [2.24, 2.45) is 23.2 Å². The van der Waals surface area contributed by atoms with E-state index in [-0.39, 0.29) is 16.0 Å². The Morgan fingerprint density at radius 1 is 1.16 bits per heavy atom. The number of nitrogens with zero attached hydrogens (tertiary/aromatic N) is 1. The van der Waals surface area contributed by atoms with E-state index >= 15 is 0 Å². The molecule has 4 aliphatic rings. The summed E-state index contributed by atoms with van der Waals surface area (Å²) in [6, 6.07) is 4.15. The van der Waals surface area contributed by atoms with E-state index in [0.717, 1.165) is 36.6 Å². The van der Waals surface area contributed by atoms with Gasteiger partial charge in [-0.2, -0.15) is 0 Å². The zero-order valence-corrected chi connectivity index (χ0v) is 15.2. The Bertz CT molecular complexity index is 783. The Labute approximate surface area is 148 Å². The zero-order valence-electron chi connectivity index (χ0n) is 14.4. The fraction of sp³-hybridized carbons (Fsp3) is 0.667. The molecule has 4 saturated carbocycles. The van der Waals surface area contributed by atoms with Gasteiger partial charge in [0.2, 0.25) is 0 Å². The van der Waals surface area contributed by atoms with Crippen LogP contribution in [-0.4, -0.2) is 26.1 Å². The molecule has 0 unspecified atom stereocenters. The van der Waals surface area contributed by atoms with E-state index in [1.807, 2.05) is 0 Å². The van der Waals surface area contributed by atoms with Gasteiger partial charge in [-0.05, 0) is 73.8 Å². The van der Waals surface area contributed by atoms with Crippen LogP contribution >= 0.6 is 0 Å². The van der Waals surface area contributed by atoms with E-state index in [9.17, 15) is 18.5 Å². The van der Waals surface area contributed by atoms with Crippen molar-refractivity contribution < 1.29 is 13.3 Å². The van der Waals surface area contributed by atoms with Crippen LogP contribution in [0.25, 0.3) is 0 Å². The maximum atomic E-state index is 11.7. The van der Waals surface area contributed by atoms with Crippen LogP contribution in [0.1, 0.15) is 38.5 Å². The van der Waals surface area contributed by atoms with Crippen molar-refractivity contribution in [3.63, 3.8) is 0 Å². The predicted octanol–water partition coefficient (Wildman–Crippen LogP) is 3.63. The summed E-state index contributed by atoms with van der Waals surface area (Å²) in [4.78, 5) is 10.9. The first kappa shape index (κ1) is 16.8. The molecule has 6 nitrogen and oxygen atoms in total. The van der Waals surface area contributed by atoms with Crippen LogP contribution in [0.4, 0.5) is 11.4 Å². The standard InChI is InChI=1S/C18H24N2O4S/c1-25(23,24)15-2-3-16(17(7-15)20(21)22)19-11-18-8-12-4-13(9-18)6-14(5-12)10-18/h2-3,7,12-14,19H,4-6,8-11H2,1H3. The molecule has 0 radical (unpaired) electrons. The van der Waals surface area contributed by atoms with Crippen LogP contribution < -0.4 is 5.32 Å². The molecule has 1 aromatic rings. The molecule has 25 heavy (non-hydrogen) atoms. The first-order valence-corrected chi connectivity index (χ1v) is 10.9. The Morgan fingerprint density at radius 2 is 1.72 bits per heavy atom. The molecule has 136 valence electrons. The van der Waals surface area contributed by atoms with Crippen LogP contribution in [-0.2, 0) is 9.84 Å². The molecule has 0 aromatic heterocycles. The van der Waals surface area contributed by atoms with Gasteiger partial charge in [0.15, 0.2) is 9.84 Å². The molecule has 1 N–H and O–H groups in total. The molecule has 4 aliphatic carbocycles. The summed E-state index contributed by atoms with van der Waals surface area (Å²) in [5.41, 5.74) is 0.527. The Hall–Kier alpha value is -1.63. The van der Waals surface area contributed by atoms with Gasteiger partial charge in [-0.15, -0.1) is 0 Å². The minimum atomic E-state index is -3.46. The van der Waals surface area contributed by atoms with Gasteiger partial charge in [0, 0.05) is 18.9 Å². The Morgan fingerprint density at radius 3 is 2.20 bits per heavy atom. The molecule has 0 aliphatic heterocycles. The highest BCUT2D eigenvalue weighted by atomic mass is 32.2. The number of anilines is 1. The van der Waals surface area contributed by atoms with Crippen molar-refractivity contribution in [1.82, 2.24) is 0 Å². The average Bonchev–Trinajstić information content (AvgIpc) is 2.50. The third-order valence-electron chi connectivity index (χ3n) is 6.41. The summed E-state index contributed by atoms with van der Waals surface area (Å²) < 4.78 is 23.3. The highest BCUT2D eigenvalue weighted by molar-refractivity contribution is 7.90.